The van der Waals surface area contributed by atoms with E-state index in [1.54, 1.807) is 0 Å². The number of hydrogen-bond acceptors (Lipinski definition) is 43. The second kappa shape index (κ2) is 37.4. The molecule has 0 aromatic carbocycles. The molecule has 6 heterocycles. The van der Waals surface area contributed by atoms with Crippen LogP contribution >= 0.6 is 0 Å². The normalized spacial score (nSPS) is 43.6. The Kier molecular flexibility index (Phi) is 32.3. The highest BCUT2D eigenvalue weighted by Crippen LogP contribution is 2.40. The first-order valence-corrected chi connectivity index (χ1v) is 30.8. The fourth-order valence-corrected chi connectivity index (χ4v) is 12.2. The van der Waals surface area contributed by atoms with Gasteiger partial charge in [0.25, 0.3) is 0 Å². The molecule has 32 unspecified atom stereocenters. The topological polar surface area (TPSA) is 702 Å². The van der Waals surface area contributed by atoms with Gasteiger partial charge in [0.05, 0.1) is 90.1 Å². The Morgan fingerprint density at radius 1 is 0.333 bits per heavy atom. The molecule has 6 rings (SSSR count). The van der Waals surface area contributed by atoms with E-state index in [0.717, 1.165) is 0 Å². The fraction of sp³-hybridized carbons (Fsp3) is 1.00. The number of nitroso groups, excluding NO2 is 1. The Hall–Kier alpha value is -2.04. The summed E-state index contributed by atoms with van der Waals surface area (Å²) in [5.41, 5.74) is -2.60. The third kappa shape index (κ3) is 18.8. The van der Waals surface area contributed by atoms with E-state index in [4.69, 9.17) is 56.8 Å². The SMILES string of the molecule is CNCC(CCC(NO)C(COC1OC(CO)C(O)C(O)C1O)(COC1OC(CO)C(O)C(O)C1O)COC1OC(CO)C(O)C(O)C1O)(CCC(NO)C(COC1OC(CO)C(O)C(O)C1O)(COC1OC(CO)C(O)C(O)C1O)COC1OC(CO)C(O)C(O)C1O)N=O. The van der Waals surface area contributed by atoms with Crippen molar-refractivity contribution in [2.45, 2.75) is 228 Å². The van der Waals surface area contributed by atoms with Crippen LogP contribution in [0.25, 0.3) is 0 Å². The Balaban J connectivity index is 1.44. The number of likely N-dealkylation sites (N-methyl/N-ethyl adjacent to an activating group) is 1. The Labute approximate surface area is 546 Å². The lowest BCUT2D eigenvalue weighted by molar-refractivity contribution is -0.333. The molecular formula is C53H98N4O39. The quantitative estimate of drug-likeness (QED) is 0.0203. The van der Waals surface area contributed by atoms with Gasteiger partial charge >= 0.3 is 0 Å². The minimum atomic E-state index is -2.30. The zero-order valence-electron chi connectivity index (χ0n) is 51.9. The van der Waals surface area contributed by atoms with Gasteiger partial charge in [0.1, 0.15) is 152 Å². The summed E-state index contributed by atoms with van der Waals surface area (Å²) in [4.78, 5) is 13.8. The van der Waals surface area contributed by atoms with Crippen LogP contribution in [0.3, 0.4) is 0 Å². The molecule has 6 fully saturated rings. The first-order valence-electron chi connectivity index (χ1n) is 30.8. The van der Waals surface area contributed by atoms with Gasteiger partial charge in [-0.15, -0.1) is 0 Å². The maximum atomic E-state index is 13.8. The average Bonchev–Trinajstić information content (AvgIpc) is 0.793. The molecule has 43 nitrogen and oxygen atoms in total. The summed E-state index contributed by atoms with van der Waals surface area (Å²) in [6.07, 6.45) is -61.2. The molecule has 0 aliphatic carbocycles. The van der Waals surface area contributed by atoms with Crippen molar-refractivity contribution >= 4 is 0 Å². The maximum Gasteiger partial charge on any atom is 0.186 e. The standard InChI is InChI=1S/C53H98N4O39/c1-54-12-53(57-84,4-2-25(55-82)51(13-85-45-39(76)33(70)27(64)19(6-58)91-45,14-86-46-40(77)34(71)28(65)20(7-59)92-46)15-87-47-41(78)35(72)29(66)21(8-60)93-47)5-3-26(56-83)52(16-88-48-42(79)36(73)30(67)22(9-61)94-48,17-89-49-43(80)37(74)31(68)23(10-62)95-49)18-90-50-44(81)38(75)32(69)24(11-63)96-50/h19-50,54-56,58-83H,2-18H2,1H3. The monoisotopic (exact) mass is 1410 g/mol. The predicted molar refractivity (Wildman–Crippen MR) is 302 cm³/mol. The van der Waals surface area contributed by atoms with Gasteiger partial charge in [0.15, 0.2) is 37.7 Å². The number of nitrogens with one attached hydrogen (secondary N) is 3. The summed E-state index contributed by atoms with van der Waals surface area (Å²) in [5.74, 6) is 0. The summed E-state index contributed by atoms with van der Waals surface area (Å²) >= 11 is 0. The molecule has 96 heavy (non-hydrogen) atoms. The zero-order valence-corrected chi connectivity index (χ0v) is 51.9. The number of hydroxylamine groups is 2. The van der Waals surface area contributed by atoms with Crippen molar-refractivity contribution < 1.29 is 190 Å². The lowest BCUT2D eigenvalue weighted by Gasteiger charge is -2.47. The van der Waals surface area contributed by atoms with Gasteiger partial charge in [-0.25, -0.2) is 11.0 Å². The molecule has 32 atom stereocenters. The van der Waals surface area contributed by atoms with Gasteiger partial charge in [-0.1, -0.05) is 5.18 Å². The Morgan fingerprint density at radius 2 is 0.521 bits per heavy atom. The van der Waals surface area contributed by atoms with E-state index >= 15 is 0 Å². The highest BCUT2D eigenvalue weighted by molar-refractivity contribution is 5.02. The summed E-state index contributed by atoms with van der Waals surface area (Å²) in [6.45, 7) is -12.5. The lowest BCUT2D eigenvalue weighted by atomic mass is 9.75. The van der Waals surface area contributed by atoms with E-state index in [-0.39, 0.29) is 0 Å². The molecule has 0 aromatic heterocycles. The third-order valence-electron chi connectivity index (χ3n) is 18.6. The van der Waals surface area contributed by atoms with Gasteiger partial charge < -0.3 is 195 Å². The van der Waals surface area contributed by atoms with E-state index in [0.29, 0.717) is 0 Å². The molecule has 6 aliphatic heterocycles. The molecular weight excluding hydrogens is 1320 g/mol. The van der Waals surface area contributed by atoms with Crippen LogP contribution in [0.4, 0.5) is 0 Å². The predicted octanol–water partition coefficient (Wildman–Crippen LogP) is -16.2. The third-order valence-corrected chi connectivity index (χ3v) is 18.6. The molecule has 0 bridgehead atoms. The first-order chi connectivity index (χ1) is 45.5. The number of rotatable bonds is 37. The average molecular weight is 1420 g/mol. The van der Waals surface area contributed by atoms with Crippen LogP contribution in [0.1, 0.15) is 25.7 Å². The van der Waals surface area contributed by atoms with Crippen molar-refractivity contribution in [3.8, 4) is 0 Å². The molecule has 0 radical (unpaired) electrons. The fourth-order valence-electron chi connectivity index (χ4n) is 12.2. The van der Waals surface area contributed by atoms with Crippen molar-refractivity contribution in [3.05, 3.63) is 4.91 Å². The molecule has 43 heteroatoms. The number of ether oxygens (including phenoxy) is 12. The maximum absolute atomic E-state index is 13.8. The van der Waals surface area contributed by atoms with Gasteiger partial charge in [-0.05, 0) is 32.7 Å². The van der Waals surface area contributed by atoms with E-state index in [2.05, 4.69) is 10.5 Å². The second-order valence-corrected chi connectivity index (χ2v) is 25.1. The molecule has 29 N–H and O–H groups in total. The highest BCUT2D eigenvalue weighted by Gasteiger charge is 2.55. The van der Waals surface area contributed by atoms with E-state index in [9.17, 15) is 138 Å². The summed E-state index contributed by atoms with van der Waals surface area (Å²) in [5, 5.41) is 285. The molecule has 0 spiro atoms. The Morgan fingerprint density at radius 3 is 0.667 bits per heavy atom. The summed E-state index contributed by atoms with van der Waals surface area (Å²) < 4.78 is 69.6. The molecule has 0 amide bonds. The summed E-state index contributed by atoms with van der Waals surface area (Å²) in [7, 11) is 1.35. The van der Waals surface area contributed by atoms with Gasteiger partial charge in [-0.3, -0.25) is 0 Å². The highest BCUT2D eigenvalue weighted by atomic mass is 16.8. The largest absolute Gasteiger partial charge is 0.394 e. The molecule has 564 valence electrons. The van der Waals surface area contributed by atoms with Crippen LogP contribution in [0.5, 0.6) is 0 Å². The minimum Gasteiger partial charge on any atom is -0.394 e. The smallest absolute Gasteiger partial charge is 0.186 e. The molecule has 6 aliphatic rings. The number of aliphatic hydroxyl groups is 24. The molecule has 0 aromatic rings. The van der Waals surface area contributed by atoms with E-state index < -0.39 is 324 Å². The van der Waals surface area contributed by atoms with Crippen LogP contribution in [-0.2, 0) is 56.8 Å². The van der Waals surface area contributed by atoms with E-state index in [1.165, 1.54) is 7.05 Å². The van der Waals surface area contributed by atoms with Crippen LogP contribution in [0, 0.1) is 15.7 Å². The van der Waals surface area contributed by atoms with Crippen LogP contribution < -0.4 is 16.3 Å². The number of aliphatic hydroxyl groups excluding tert-OH is 24. The first kappa shape index (κ1) is 82.9. The van der Waals surface area contributed by atoms with Crippen LogP contribution in [0.15, 0.2) is 5.18 Å². The number of hydrogen-bond donors (Lipinski definition) is 29. The van der Waals surface area contributed by atoms with Crippen molar-refractivity contribution in [2.75, 3.05) is 92.9 Å². The number of nitrogens with zero attached hydrogens (tertiary/aromatic N) is 1. The van der Waals surface area contributed by atoms with Crippen molar-refractivity contribution in [1.29, 1.82) is 0 Å². The summed E-state index contributed by atoms with van der Waals surface area (Å²) in [6, 6.07) is -3.54. The van der Waals surface area contributed by atoms with Gasteiger partial charge in [0, 0.05) is 18.6 Å². The molecule has 0 saturated carbocycles. The second-order valence-electron chi connectivity index (χ2n) is 25.1. The van der Waals surface area contributed by atoms with Gasteiger partial charge in [0.2, 0.25) is 0 Å². The van der Waals surface area contributed by atoms with Gasteiger partial charge in [-0.2, -0.15) is 4.91 Å². The zero-order chi connectivity index (χ0) is 71.3. The van der Waals surface area contributed by atoms with Crippen molar-refractivity contribution in [2.24, 2.45) is 16.0 Å². The van der Waals surface area contributed by atoms with Crippen molar-refractivity contribution in [1.82, 2.24) is 16.3 Å². The lowest BCUT2D eigenvalue weighted by Crippen LogP contribution is -2.63. The van der Waals surface area contributed by atoms with Crippen molar-refractivity contribution in [3.63, 3.8) is 0 Å². The van der Waals surface area contributed by atoms with Crippen LogP contribution in [0.2, 0.25) is 0 Å². The minimum absolute atomic E-state index is 0.457. The van der Waals surface area contributed by atoms with E-state index in [1.807, 2.05) is 11.0 Å². The molecule has 6 saturated heterocycles. The van der Waals surface area contributed by atoms with Crippen LogP contribution in [-0.4, -0.2) is 428 Å². The Bertz CT molecular complexity index is 1910.